The smallest absolute Gasteiger partial charge is 0.313 e. The summed E-state index contributed by atoms with van der Waals surface area (Å²) in [4.78, 5) is 25.9. The van der Waals surface area contributed by atoms with Crippen molar-refractivity contribution in [3.63, 3.8) is 0 Å². The third-order valence-corrected chi connectivity index (χ3v) is 5.48. The maximum Gasteiger partial charge on any atom is 0.313 e. The van der Waals surface area contributed by atoms with E-state index in [9.17, 15) is 14.7 Å². The number of amides is 1. The molecule has 0 bridgehead atoms. The second-order valence-corrected chi connectivity index (χ2v) is 6.67. The normalized spacial score (nSPS) is 39.5. The van der Waals surface area contributed by atoms with E-state index >= 15 is 0 Å². The molecule has 3 unspecified atom stereocenters. The number of fused-ring (bicyclic) bond motifs is 1. The van der Waals surface area contributed by atoms with Crippen LogP contribution in [0.3, 0.4) is 0 Å². The van der Waals surface area contributed by atoms with Crippen molar-refractivity contribution in [2.24, 2.45) is 23.2 Å². The average molecular weight is 281 g/mol. The Morgan fingerprint density at radius 3 is 2.50 bits per heavy atom. The van der Waals surface area contributed by atoms with Crippen molar-refractivity contribution in [2.75, 3.05) is 26.8 Å². The second-order valence-electron chi connectivity index (χ2n) is 6.67. The van der Waals surface area contributed by atoms with Crippen LogP contribution in [0.5, 0.6) is 0 Å². The van der Waals surface area contributed by atoms with E-state index in [1.165, 1.54) is 32.8 Å². The zero-order chi connectivity index (χ0) is 14.3. The summed E-state index contributed by atoms with van der Waals surface area (Å²) in [7, 11) is 1.52. The van der Waals surface area contributed by atoms with Crippen LogP contribution in [0.2, 0.25) is 0 Å². The summed E-state index contributed by atoms with van der Waals surface area (Å²) in [6.45, 7) is 1.05. The topological polar surface area (TPSA) is 66.8 Å². The molecule has 5 nitrogen and oxygen atoms in total. The molecule has 3 atom stereocenters. The lowest BCUT2D eigenvalue weighted by atomic mass is 9.88. The highest BCUT2D eigenvalue weighted by molar-refractivity contribution is 5.84. The third-order valence-electron chi connectivity index (χ3n) is 5.48. The van der Waals surface area contributed by atoms with Crippen molar-refractivity contribution in [1.82, 2.24) is 4.90 Å². The van der Waals surface area contributed by atoms with E-state index in [0.29, 0.717) is 31.3 Å². The predicted octanol–water partition coefficient (Wildman–Crippen LogP) is 1.37. The van der Waals surface area contributed by atoms with Crippen molar-refractivity contribution in [3.05, 3.63) is 0 Å². The minimum absolute atomic E-state index is 0.184. The van der Waals surface area contributed by atoms with Gasteiger partial charge in [0.1, 0.15) is 5.41 Å². The number of carbonyl (C=O) groups excluding carboxylic acids is 1. The maximum absolute atomic E-state index is 12.6. The molecule has 2 aliphatic carbocycles. The zero-order valence-electron chi connectivity index (χ0n) is 12.0. The number of likely N-dealkylation sites (tertiary alicyclic amines) is 1. The standard InChI is InChI=1S/C15H23NO4/c1-20-9-15(14(18)19)6-7-16(8-15)13(17)12-10-4-2-3-5-11(10)12/h10-12H,2-9H2,1H3,(H,18,19). The average Bonchev–Trinajstić information content (AvgIpc) is 3.00. The summed E-state index contributed by atoms with van der Waals surface area (Å²) in [6, 6.07) is 0. The number of rotatable bonds is 4. The van der Waals surface area contributed by atoms with E-state index in [2.05, 4.69) is 0 Å². The monoisotopic (exact) mass is 281 g/mol. The number of ether oxygens (including phenoxy) is 1. The highest BCUT2D eigenvalue weighted by atomic mass is 16.5. The number of carboxylic acid groups (broad SMARTS) is 1. The van der Waals surface area contributed by atoms with Crippen LogP contribution in [-0.4, -0.2) is 48.7 Å². The Kier molecular flexibility index (Phi) is 3.48. The number of nitrogens with zero attached hydrogens (tertiary/aromatic N) is 1. The molecule has 0 radical (unpaired) electrons. The lowest BCUT2D eigenvalue weighted by molar-refractivity contribution is -0.151. The van der Waals surface area contributed by atoms with Gasteiger partial charge in [0.25, 0.3) is 0 Å². The SMILES string of the molecule is COCC1(C(=O)O)CCN(C(=O)C2C3CCCCC32)C1. The Hall–Kier alpha value is -1.10. The second kappa shape index (κ2) is 5.02. The van der Waals surface area contributed by atoms with Crippen molar-refractivity contribution in [1.29, 1.82) is 0 Å². The molecule has 3 rings (SSSR count). The summed E-state index contributed by atoms with van der Waals surface area (Å²) < 4.78 is 5.07. The van der Waals surface area contributed by atoms with Gasteiger partial charge in [-0.1, -0.05) is 12.8 Å². The Morgan fingerprint density at radius 1 is 1.30 bits per heavy atom. The van der Waals surface area contributed by atoms with Gasteiger partial charge in [-0.25, -0.2) is 0 Å². The number of hydrogen-bond donors (Lipinski definition) is 1. The summed E-state index contributed by atoms with van der Waals surface area (Å²) in [5.41, 5.74) is -0.898. The number of aliphatic carboxylic acids is 1. The fourth-order valence-electron chi connectivity index (χ4n) is 4.26. The van der Waals surface area contributed by atoms with Crippen LogP contribution in [0.25, 0.3) is 0 Å². The molecule has 5 heteroatoms. The quantitative estimate of drug-likeness (QED) is 0.845. The molecule has 1 heterocycles. The molecule has 0 aromatic heterocycles. The largest absolute Gasteiger partial charge is 0.481 e. The van der Waals surface area contributed by atoms with Crippen LogP contribution in [0.4, 0.5) is 0 Å². The first-order chi connectivity index (χ1) is 9.59. The molecule has 3 aliphatic rings. The highest BCUT2D eigenvalue weighted by Gasteiger charge is 2.57. The van der Waals surface area contributed by atoms with Gasteiger partial charge in [0.15, 0.2) is 0 Å². The molecule has 0 spiro atoms. The molecule has 2 saturated carbocycles. The summed E-state index contributed by atoms with van der Waals surface area (Å²) in [6.07, 6.45) is 5.35. The van der Waals surface area contributed by atoms with Gasteiger partial charge in [-0.3, -0.25) is 9.59 Å². The molecule has 112 valence electrons. The van der Waals surface area contributed by atoms with Crippen molar-refractivity contribution < 1.29 is 19.4 Å². The Labute approximate surface area is 119 Å². The number of carboxylic acids is 1. The van der Waals surface area contributed by atoms with Gasteiger partial charge in [0, 0.05) is 26.1 Å². The van der Waals surface area contributed by atoms with Crippen LogP contribution in [0.15, 0.2) is 0 Å². The number of methoxy groups -OCH3 is 1. The third kappa shape index (κ3) is 2.12. The Morgan fingerprint density at radius 2 is 1.95 bits per heavy atom. The minimum Gasteiger partial charge on any atom is -0.481 e. The van der Waals surface area contributed by atoms with E-state index in [0.717, 1.165) is 0 Å². The summed E-state index contributed by atoms with van der Waals surface area (Å²) in [5.74, 6) is 0.700. The maximum atomic E-state index is 12.6. The molecular formula is C15H23NO4. The molecule has 1 N–H and O–H groups in total. The molecular weight excluding hydrogens is 258 g/mol. The minimum atomic E-state index is -0.898. The van der Waals surface area contributed by atoms with Crippen LogP contribution in [0.1, 0.15) is 32.1 Å². The van der Waals surface area contributed by atoms with E-state index in [1.54, 1.807) is 4.90 Å². The molecule has 0 aromatic carbocycles. The fourth-order valence-corrected chi connectivity index (χ4v) is 4.26. The molecule has 3 fully saturated rings. The van der Waals surface area contributed by atoms with Gasteiger partial charge < -0.3 is 14.7 Å². The van der Waals surface area contributed by atoms with Crippen molar-refractivity contribution in [3.8, 4) is 0 Å². The first kappa shape index (κ1) is 13.9. The van der Waals surface area contributed by atoms with Gasteiger partial charge in [-0.05, 0) is 31.1 Å². The molecule has 1 amide bonds. The lowest BCUT2D eigenvalue weighted by Gasteiger charge is -2.24. The fraction of sp³-hybridized carbons (Fsp3) is 0.867. The van der Waals surface area contributed by atoms with Crippen molar-refractivity contribution >= 4 is 11.9 Å². The van der Waals surface area contributed by atoms with Crippen LogP contribution in [0, 0.1) is 23.2 Å². The van der Waals surface area contributed by atoms with E-state index < -0.39 is 11.4 Å². The van der Waals surface area contributed by atoms with Gasteiger partial charge >= 0.3 is 5.97 Å². The Bertz CT molecular complexity index is 412. The summed E-state index contributed by atoms with van der Waals surface area (Å²) in [5, 5.41) is 9.44. The van der Waals surface area contributed by atoms with Gasteiger partial charge in [0.2, 0.25) is 5.91 Å². The van der Waals surface area contributed by atoms with Gasteiger partial charge in [-0.15, -0.1) is 0 Å². The van der Waals surface area contributed by atoms with Crippen molar-refractivity contribution in [2.45, 2.75) is 32.1 Å². The molecule has 20 heavy (non-hydrogen) atoms. The predicted molar refractivity (Wildman–Crippen MR) is 72.1 cm³/mol. The molecule has 1 aliphatic heterocycles. The van der Waals surface area contributed by atoms with E-state index in [1.807, 2.05) is 0 Å². The first-order valence-electron chi connectivity index (χ1n) is 7.60. The zero-order valence-corrected chi connectivity index (χ0v) is 12.0. The first-order valence-corrected chi connectivity index (χ1v) is 7.60. The highest BCUT2D eigenvalue weighted by Crippen LogP contribution is 2.56. The van der Waals surface area contributed by atoms with E-state index in [-0.39, 0.29) is 18.4 Å². The number of hydrogen-bond acceptors (Lipinski definition) is 3. The van der Waals surface area contributed by atoms with Crippen LogP contribution < -0.4 is 0 Å². The number of carbonyl (C=O) groups is 2. The lowest BCUT2D eigenvalue weighted by Crippen LogP contribution is -2.40. The molecule has 1 saturated heterocycles. The molecule has 0 aromatic rings. The summed E-state index contributed by atoms with van der Waals surface area (Å²) >= 11 is 0. The van der Waals surface area contributed by atoms with Gasteiger partial charge in [0.05, 0.1) is 6.61 Å². The van der Waals surface area contributed by atoms with Crippen LogP contribution >= 0.6 is 0 Å². The Balaban J connectivity index is 1.65. The van der Waals surface area contributed by atoms with E-state index in [4.69, 9.17) is 4.74 Å². The van der Waals surface area contributed by atoms with Crippen LogP contribution in [-0.2, 0) is 14.3 Å². The van der Waals surface area contributed by atoms with Gasteiger partial charge in [-0.2, -0.15) is 0 Å².